The average molecular weight is 351 g/mol. The van der Waals surface area contributed by atoms with Crippen LogP contribution in [0.5, 0.6) is 0 Å². The van der Waals surface area contributed by atoms with E-state index in [0.717, 1.165) is 18.1 Å². The molecule has 0 spiro atoms. The van der Waals surface area contributed by atoms with Crippen molar-refractivity contribution in [2.45, 2.75) is 13.0 Å². The highest BCUT2D eigenvalue weighted by molar-refractivity contribution is 5.95. The molecule has 3 aromatic rings. The van der Waals surface area contributed by atoms with Crippen molar-refractivity contribution in [2.24, 2.45) is 7.05 Å². The van der Waals surface area contributed by atoms with E-state index in [9.17, 15) is 4.79 Å². The molecule has 1 fully saturated rings. The normalized spacial score (nSPS) is 17.5. The first-order valence-electron chi connectivity index (χ1n) is 8.65. The lowest BCUT2D eigenvalue weighted by Gasteiger charge is -2.36. The summed E-state index contributed by atoms with van der Waals surface area (Å²) in [6, 6.07) is 7.25. The van der Waals surface area contributed by atoms with Crippen molar-refractivity contribution in [1.82, 2.24) is 24.8 Å². The Morgan fingerprint density at radius 3 is 2.92 bits per heavy atom. The Bertz CT molecular complexity index is 916. The number of pyridine rings is 1. The van der Waals surface area contributed by atoms with Gasteiger partial charge in [-0.1, -0.05) is 0 Å². The molecule has 1 unspecified atom stereocenters. The Balaban J connectivity index is 1.64. The molecule has 0 aliphatic carbocycles. The second-order valence-corrected chi connectivity index (χ2v) is 6.42. The van der Waals surface area contributed by atoms with Gasteiger partial charge in [-0.3, -0.25) is 4.79 Å². The fourth-order valence-electron chi connectivity index (χ4n) is 3.38. The van der Waals surface area contributed by atoms with Crippen LogP contribution in [0.4, 0.5) is 0 Å². The van der Waals surface area contributed by atoms with Crippen LogP contribution in [-0.2, 0) is 7.05 Å². The van der Waals surface area contributed by atoms with Gasteiger partial charge in [0.15, 0.2) is 5.76 Å². The van der Waals surface area contributed by atoms with Gasteiger partial charge in [-0.05, 0) is 31.2 Å². The number of carbonyl (C=O) groups excluding carboxylic acids is 1. The lowest BCUT2D eigenvalue weighted by molar-refractivity contribution is 0.0619. The summed E-state index contributed by atoms with van der Waals surface area (Å²) in [5.74, 6) is 1.55. The largest absolute Gasteiger partial charge is 0.463 e. The lowest BCUT2D eigenvalue weighted by Crippen LogP contribution is -2.49. The van der Waals surface area contributed by atoms with Gasteiger partial charge >= 0.3 is 0 Å². The fraction of sp³-hybridized carbons (Fsp3) is 0.316. The number of nitrogens with zero attached hydrogens (tertiary/aromatic N) is 4. The number of aromatic nitrogens is 3. The van der Waals surface area contributed by atoms with Crippen LogP contribution in [0.1, 0.15) is 27.9 Å². The molecule has 4 heterocycles. The minimum atomic E-state index is -0.0969. The van der Waals surface area contributed by atoms with Gasteiger partial charge in [0.1, 0.15) is 17.6 Å². The first kappa shape index (κ1) is 16.5. The number of aryl methyl sites for hydroxylation is 2. The molecule has 0 aromatic carbocycles. The monoisotopic (exact) mass is 351 g/mol. The molecule has 7 heteroatoms. The second kappa shape index (κ2) is 6.76. The van der Waals surface area contributed by atoms with E-state index in [1.54, 1.807) is 12.5 Å². The lowest BCUT2D eigenvalue weighted by atomic mass is 10.1. The number of carbonyl (C=O) groups is 1. The van der Waals surface area contributed by atoms with Crippen LogP contribution < -0.4 is 5.32 Å². The standard InChI is InChI=1S/C19H21N5O2/c1-13-14(5-6-15(22-13)17-4-3-11-26-17)19(25)24-10-7-20-12-16(24)18-21-8-9-23(18)2/h3-6,8-9,11,16,20H,7,10,12H2,1-2H3. The molecule has 1 aliphatic rings. The number of furan rings is 1. The number of amides is 1. The van der Waals surface area contributed by atoms with Gasteiger partial charge in [0, 0.05) is 39.1 Å². The van der Waals surface area contributed by atoms with Crippen molar-refractivity contribution < 1.29 is 9.21 Å². The third kappa shape index (κ3) is 2.90. The summed E-state index contributed by atoms with van der Waals surface area (Å²) in [4.78, 5) is 24.1. The van der Waals surface area contributed by atoms with E-state index in [4.69, 9.17) is 4.42 Å². The molecule has 26 heavy (non-hydrogen) atoms. The number of piperazine rings is 1. The van der Waals surface area contributed by atoms with E-state index in [2.05, 4.69) is 15.3 Å². The third-order valence-electron chi connectivity index (χ3n) is 4.75. The molecule has 1 saturated heterocycles. The molecule has 1 atom stereocenters. The molecular weight excluding hydrogens is 330 g/mol. The zero-order valence-electron chi connectivity index (χ0n) is 14.8. The predicted octanol–water partition coefficient (Wildman–Crippen LogP) is 2.17. The molecular formula is C19H21N5O2. The van der Waals surface area contributed by atoms with E-state index < -0.39 is 0 Å². The Labute approximate surface area is 151 Å². The smallest absolute Gasteiger partial charge is 0.256 e. The first-order valence-corrected chi connectivity index (χ1v) is 8.65. The third-order valence-corrected chi connectivity index (χ3v) is 4.75. The van der Waals surface area contributed by atoms with Crippen LogP contribution in [0.3, 0.4) is 0 Å². The van der Waals surface area contributed by atoms with Crippen molar-refractivity contribution in [3.63, 3.8) is 0 Å². The van der Waals surface area contributed by atoms with E-state index in [1.165, 1.54) is 0 Å². The zero-order valence-corrected chi connectivity index (χ0v) is 14.8. The van der Waals surface area contributed by atoms with Crippen molar-refractivity contribution in [3.05, 3.63) is 60.0 Å². The van der Waals surface area contributed by atoms with Gasteiger partial charge in [0.2, 0.25) is 0 Å². The van der Waals surface area contributed by atoms with Crippen molar-refractivity contribution in [2.75, 3.05) is 19.6 Å². The van der Waals surface area contributed by atoms with Crippen molar-refractivity contribution in [1.29, 1.82) is 0 Å². The molecule has 1 amide bonds. The van der Waals surface area contributed by atoms with Crippen LogP contribution in [0.2, 0.25) is 0 Å². The summed E-state index contributed by atoms with van der Waals surface area (Å²) in [6.45, 7) is 3.95. The minimum absolute atomic E-state index is 0.0181. The Hall–Kier alpha value is -2.93. The van der Waals surface area contributed by atoms with Crippen molar-refractivity contribution in [3.8, 4) is 11.5 Å². The van der Waals surface area contributed by atoms with Crippen LogP contribution in [-0.4, -0.2) is 45.0 Å². The maximum absolute atomic E-state index is 13.2. The van der Waals surface area contributed by atoms with Crippen LogP contribution >= 0.6 is 0 Å². The van der Waals surface area contributed by atoms with E-state index >= 15 is 0 Å². The van der Waals surface area contributed by atoms with Crippen LogP contribution in [0, 0.1) is 6.92 Å². The van der Waals surface area contributed by atoms with Gasteiger partial charge in [0.25, 0.3) is 5.91 Å². The number of imidazole rings is 1. The average Bonchev–Trinajstić information content (AvgIpc) is 3.33. The number of hydrogen-bond acceptors (Lipinski definition) is 5. The van der Waals surface area contributed by atoms with Gasteiger partial charge in [0.05, 0.1) is 17.5 Å². The molecule has 0 radical (unpaired) electrons. The summed E-state index contributed by atoms with van der Waals surface area (Å²) < 4.78 is 7.35. The minimum Gasteiger partial charge on any atom is -0.463 e. The highest BCUT2D eigenvalue weighted by Gasteiger charge is 2.31. The molecule has 4 rings (SSSR count). The highest BCUT2D eigenvalue weighted by atomic mass is 16.3. The molecule has 0 saturated carbocycles. The SMILES string of the molecule is Cc1nc(-c2ccco2)ccc1C(=O)N1CCNCC1c1nccn1C. The maximum Gasteiger partial charge on any atom is 0.256 e. The number of hydrogen-bond donors (Lipinski definition) is 1. The fourth-order valence-corrected chi connectivity index (χ4v) is 3.38. The van der Waals surface area contributed by atoms with Gasteiger partial charge in [-0.25, -0.2) is 9.97 Å². The quantitative estimate of drug-likeness (QED) is 0.783. The first-order chi connectivity index (χ1) is 12.6. The second-order valence-electron chi connectivity index (χ2n) is 6.42. The molecule has 134 valence electrons. The van der Waals surface area contributed by atoms with E-state index in [1.807, 2.05) is 53.9 Å². The molecule has 1 aliphatic heterocycles. The van der Waals surface area contributed by atoms with Gasteiger partial charge < -0.3 is 19.2 Å². The molecule has 1 N–H and O–H groups in total. The summed E-state index contributed by atoms with van der Waals surface area (Å²) in [7, 11) is 1.95. The molecule has 0 bridgehead atoms. The highest BCUT2D eigenvalue weighted by Crippen LogP contribution is 2.25. The van der Waals surface area contributed by atoms with Crippen molar-refractivity contribution >= 4 is 5.91 Å². The number of rotatable bonds is 3. The van der Waals surface area contributed by atoms with Gasteiger partial charge in [-0.15, -0.1) is 0 Å². The van der Waals surface area contributed by atoms with E-state index in [-0.39, 0.29) is 11.9 Å². The maximum atomic E-state index is 13.2. The summed E-state index contributed by atoms with van der Waals surface area (Å²) >= 11 is 0. The van der Waals surface area contributed by atoms with E-state index in [0.29, 0.717) is 30.1 Å². The van der Waals surface area contributed by atoms with Gasteiger partial charge in [-0.2, -0.15) is 0 Å². The molecule has 3 aromatic heterocycles. The summed E-state index contributed by atoms with van der Waals surface area (Å²) in [5, 5.41) is 3.35. The molecule has 7 nitrogen and oxygen atoms in total. The number of nitrogens with one attached hydrogen (secondary N) is 1. The summed E-state index contributed by atoms with van der Waals surface area (Å²) in [5.41, 5.74) is 2.03. The topological polar surface area (TPSA) is 76.2 Å². The Morgan fingerprint density at radius 1 is 1.35 bits per heavy atom. The Morgan fingerprint density at radius 2 is 2.23 bits per heavy atom. The zero-order chi connectivity index (χ0) is 18.1. The van der Waals surface area contributed by atoms with Crippen LogP contribution in [0.25, 0.3) is 11.5 Å². The predicted molar refractivity (Wildman–Crippen MR) is 96.5 cm³/mol. The summed E-state index contributed by atoms with van der Waals surface area (Å²) in [6.07, 6.45) is 5.28. The Kier molecular flexibility index (Phi) is 4.30. The van der Waals surface area contributed by atoms with Crippen LogP contribution in [0.15, 0.2) is 47.3 Å².